The van der Waals surface area contributed by atoms with Crippen molar-refractivity contribution < 1.29 is 4.79 Å². The van der Waals surface area contributed by atoms with Gasteiger partial charge in [0.25, 0.3) is 0 Å². The molecular weight excluding hydrogens is 282 g/mol. The average Bonchev–Trinajstić information content (AvgIpc) is 2.48. The normalized spacial score (nSPS) is 16.1. The zero-order valence-electron chi connectivity index (χ0n) is 12.9. The van der Waals surface area contributed by atoms with E-state index in [9.17, 15) is 4.79 Å². The largest absolute Gasteiger partial charge is 0.325 e. The molecule has 21 heavy (non-hydrogen) atoms. The topological polar surface area (TPSA) is 44.4 Å². The smallest absolute Gasteiger partial charge is 0.234 e. The predicted octanol–water partition coefficient (Wildman–Crippen LogP) is 2.17. The Morgan fingerprint density at radius 3 is 2.76 bits per heavy atom. The Morgan fingerprint density at radius 1 is 1.33 bits per heavy atom. The van der Waals surface area contributed by atoms with Gasteiger partial charge in [-0.25, -0.2) is 0 Å². The van der Waals surface area contributed by atoms with E-state index < -0.39 is 0 Å². The molecule has 0 atom stereocenters. The first kappa shape index (κ1) is 16.3. The molecule has 2 N–H and O–H groups in total. The summed E-state index contributed by atoms with van der Waals surface area (Å²) in [5, 5.41) is 7.02. The van der Waals surface area contributed by atoms with Gasteiger partial charge in [0, 0.05) is 17.5 Å². The van der Waals surface area contributed by atoms with Gasteiger partial charge >= 0.3 is 0 Å². The van der Waals surface area contributed by atoms with Crippen LogP contribution in [0.2, 0.25) is 0 Å². The van der Waals surface area contributed by atoms with Crippen molar-refractivity contribution in [3.63, 3.8) is 0 Å². The number of carbonyl (C=O) groups excluding carboxylic acids is 1. The molecular formula is C16H25N3OS. The van der Waals surface area contributed by atoms with Gasteiger partial charge < -0.3 is 15.5 Å². The number of para-hydroxylation sites is 1. The van der Waals surface area contributed by atoms with Gasteiger partial charge in [-0.2, -0.15) is 0 Å². The summed E-state index contributed by atoms with van der Waals surface area (Å²) < 4.78 is 0. The molecule has 0 unspecified atom stereocenters. The molecule has 2 rings (SSSR count). The molecule has 5 heteroatoms. The summed E-state index contributed by atoms with van der Waals surface area (Å²) in [4.78, 5) is 14.2. The molecule has 1 aliphatic heterocycles. The number of thioether (sulfide) groups is 1. The number of hydrogen-bond acceptors (Lipinski definition) is 4. The fourth-order valence-corrected chi connectivity index (χ4v) is 3.49. The minimum Gasteiger partial charge on any atom is -0.325 e. The van der Waals surface area contributed by atoms with Crippen molar-refractivity contribution in [2.75, 3.05) is 38.3 Å². The number of benzene rings is 1. The van der Waals surface area contributed by atoms with E-state index in [1.807, 2.05) is 32.3 Å². The van der Waals surface area contributed by atoms with E-state index >= 15 is 0 Å². The third-order valence-electron chi connectivity index (χ3n) is 3.51. The second-order valence-corrected chi connectivity index (χ2v) is 6.99. The maximum absolute atomic E-state index is 12.1. The zero-order chi connectivity index (χ0) is 15.1. The van der Waals surface area contributed by atoms with Gasteiger partial charge in [-0.3, -0.25) is 4.79 Å². The van der Waals surface area contributed by atoms with Gasteiger partial charge in [-0.05, 0) is 51.7 Å². The molecule has 0 aliphatic carbocycles. The molecule has 1 fully saturated rings. The number of rotatable bonds is 6. The van der Waals surface area contributed by atoms with Crippen LogP contribution in [0.1, 0.15) is 18.4 Å². The van der Waals surface area contributed by atoms with E-state index in [1.54, 1.807) is 11.8 Å². The lowest BCUT2D eigenvalue weighted by atomic mass is 10.1. The average molecular weight is 307 g/mol. The number of amides is 1. The summed E-state index contributed by atoms with van der Waals surface area (Å²) >= 11 is 1.78. The molecule has 4 nitrogen and oxygen atoms in total. The highest BCUT2D eigenvalue weighted by molar-refractivity contribution is 8.00. The van der Waals surface area contributed by atoms with Gasteiger partial charge in [-0.15, -0.1) is 11.8 Å². The Morgan fingerprint density at radius 2 is 2.05 bits per heavy atom. The van der Waals surface area contributed by atoms with Crippen LogP contribution >= 0.6 is 11.8 Å². The highest BCUT2D eigenvalue weighted by Gasteiger charge is 2.15. The highest BCUT2D eigenvalue weighted by Crippen LogP contribution is 2.21. The van der Waals surface area contributed by atoms with E-state index in [1.165, 1.54) is 0 Å². The maximum atomic E-state index is 12.1. The van der Waals surface area contributed by atoms with Crippen molar-refractivity contribution in [1.82, 2.24) is 10.2 Å². The molecule has 0 saturated carbocycles. The molecule has 0 spiro atoms. The Hall–Kier alpha value is -1.04. The lowest BCUT2D eigenvalue weighted by Crippen LogP contribution is -2.30. The number of nitrogens with one attached hydrogen (secondary N) is 2. The first-order valence-electron chi connectivity index (χ1n) is 7.50. The second kappa shape index (κ2) is 8.41. The SMILES string of the molecule is CN(C)Cc1ccccc1NC(=O)CSC1CCNCC1. The summed E-state index contributed by atoms with van der Waals surface area (Å²) in [5.74, 6) is 0.644. The lowest BCUT2D eigenvalue weighted by molar-refractivity contribution is -0.113. The first-order chi connectivity index (χ1) is 10.1. The molecule has 0 bridgehead atoms. The van der Waals surface area contributed by atoms with Crippen LogP contribution in [0, 0.1) is 0 Å². The molecule has 0 radical (unpaired) electrons. The Bertz CT molecular complexity index is 459. The standard InChI is InChI=1S/C16H25N3OS/c1-19(2)11-13-5-3-4-6-15(13)18-16(20)12-21-14-7-9-17-10-8-14/h3-6,14,17H,7-12H2,1-2H3,(H,18,20). The fraction of sp³-hybridized carbons (Fsp3) is 0.562. The zero-order valence-corrected chi connectivity index (χ0v) is 13.7. The number of piperidine rings is 1. The van der Waals surface area contributed by atoms with Gasteiger partial charge in [0.1, 0.15) is 0 Å². The number of carbonyl (C=O) groups is 1. The molecule has 1 aliphatic rings. The number of anilines is 1. The van der Waals surface area contributed by atoms with E-state index in [-0.39, 0.29) is 5.91 Å². The predicted molar refractivity (Wildman–Crippen MR) is 90.8 cm³/mol. The Labute approximate surface area is 131 Å². The Balaban J connectivity index is 1.84. The fourth-order valence-electron chi connectivity index (χ4n) is 2.46. The van der Waals surface area contributed by atoms with Gasteiger partial charge in [0.15, 0.2) is 0 Å². The third-order valence-corrected chi connectivity index (χ3v) is 4.89. The summed E-state index contributed by atoms with van der Waals surface area (Å²) in [6.07, 6.45) is 2.32. The van der Waals surface area contributed by atoms with Gasteiger partial charge in [-0.1, -0.05) is 18.2 Å². The minimum absolute atomic E-state index is 0.102. The van der Waals surface area contributed by atoms with Crippen molar-refractivity contribution in [1.29, 1.82) is 0 Å². The van der Waals surface area contributed by atoms with Crippen molar-refractivity contribution in [3.8, 4) is 0 Å². The van der Waals surface area contributed by atoms with E-state index in [2.05, 4.69) is 21.6 Å². The summed E-state index contributed by atoms with van der Waals surface area (Å²) in [7, 11) is 4.07. The van der Waals surface area contributed by atoms with Crippen LogP contribution in [-0.2, 0) is 11.3 Å². The Kier molecular flexibility index (Phi) is 6.54. The molecule has 1 aromatic rings. The van der Waals surface area contributed by atoms with E-state index in [0.29, 0.717) is 11.0 Å². The van der Waals surface area contributed by atoms with Crippen LogP contribution in [0.5, 0.6) is 0 Å². The lowest BCUT2D eigenvalue weighted by Gasteiger charge is -2.22. The molecule has 0 aromatic heterocycles. The van der Waals surface area contributed by atoms with Crippen molar-refractivity contribution in [3.05, 3.63) is 29.8 Å². The molecule has 1 amide bonds. The van der Waals surface area contributed by atoms with Crippen LogP contribution in [-0.4, -0.2) is 49.0 Å². The molecule has 1 heterocycles. The molecule has 1 saturated heterocycles. The summed E-state index contributed by atoms with van der Waals surface area (Å²) in [5.41, 5.74) is 2.09. The molecule has 116 valence electrons. The third kappa shape index (κ3) is 5.69. The first-order valence-corrected chi connectivity index (χ1v) is 8.55. The van der Waals surface area contributed by atoms with Gasteiger partial charge in [0.2, 0.25) is 5.91 Å². The van der Waals surface area contributed by atoms with Crippen LogP contribution in [0.25, 0.3) is 0 Å². The van der Waals surface area contributed by atoms with E-state index in [0.717, 1.165) is 43.7 Å². The maximum Gasteiger partial charge on any atom is 0.234 e. The van der Waals surface area contributed by atoms with Crippen LogP contribution in [0.15, 0.2) is 24.3 Å². The second-order valence-electron chi connectivity index (χ2n) is 5.70. The van der Waals surface area contributed by atoms with Crippen molar-refractivity contribution in [2.24, 2.45) is 0 Å². The van der Waals surface area contributed by atoms with Gasteiger partial charge in [0.05, 0.1) is 5.75 Å². The number of nitrogens with zero attached hydrogens (tertiary/aromatic N) is 1. The van der Waals surface area contributed by atoms with Crippen molar-refractivity contribution >= 4 is 23.4 Å². The number of hydrogen-bond donors (Lipinski definition) is 2. The van der Waals surface area contributed by atoms with Crippen LogP contribution < -0.4 is 10.6 Å². The quantitative estimate of drug-likeness (QED) is 0.845. The van der Waals surface area contributed by atoms with Crippen LogP contribution in [0.3, 0.4) is 0 Å². The highest BCUT2D eigenvalue weighted by atomic mass is 32.2. The molecule has 1 aromatic carbocycles. The van der Waals surface area contributed by atoms with Crippen LogP contribution in [0.4, 0.5) is 5.69 Å². The summed E-state index contributed by atoms with van der Waals surface area (Å²) in [6.45, 7) is 2.98. The summed E-state index contributed by atoms with van der Waals surface area (Å²) in [6, 6.07) is 8.02. The minimum atomic E-state index is 0.102. The monoisotopic (exact) mass is 307 g/mol. The van der Waals surface area contributed by atoms with E-state index in [4.69, 9.17) is 0 Å². The van der Waals surface area contributed by atoms with Crippen molar-refractivity contribution in [2.45, 2.75) is 24.6 Å².